The number of halogens is 2. The molecule has 1 amide bonds. The van der Waals surface area contributed by atoms with E-state index in [0.29, 0.717) is 15.2 Å². The monoisotopic (exact) mass is 276 g/mol. The third-order valence-electron chi connectivity index (χ3n) is 1.25. The van der Waals surface area contributed by atoms with E-state index in [1.165, 1.54) is 0 Å². The van der Waals surface area contributed by atoms with Gasteiger partial charge in [0.25, 0.3) is 5.91 Å². The zero-order valence-electron chi connectivity index (χ0n) is 6.91. The lowest BCUT2D eigenvalue weighted by molar-refractivity contribution is -0.111. The highest BCUT2D eigenvalue weighted by molar-refractivity contribution is 9.10. The van der Waals surface area contributed by atoms with Gasteiger partial charge in [0.1, 0.15) is 11.2 Å². The normalized spacial score (nSPS) is 10.4. The summed E-state index contributed by atoms with van der Waals surface area (Å²) >= 11 is 9.06. The second-order valence-corrected chi connectivity index (χ2v) is 3.51. The number of primary amides is 1. The van der Waals surface area contributed by atoms with Gasteiger partial charge in [0.15, 0.2) is 5.75 Å². The fraction of sp³-hybridized carbons (Fsp3) is 0. The van der Waals surface area contributed by atoms with Crippen LogP contribution in [-0.4, -0.2) is 12.1 Å². The van der Waals surface area contributed by atoms with Crippen LogP contribution in [0.2, 0.25) is 5.02 Å². The molecule has 0 fully saturated rings. The molecule has 14 heavy (non-hydrogen) atoms. The Hall–Kier alpha value is -1.07. The van der Waals surface area contributed by atoms with Crippen molar-refractivity contribution >= 4 is 39.7 Å². The summed E-state index contributed by atoms with van der Waals surface area (Å²) in [5.41, 5.74) is 4.81. The number of oxime groups is 1. The Bertz CT molecular complexity index is 382. The van der Waals surface area contributed by atoms with Crippen LogP contribution < -0.4 is 10.6 Å². The summed E-state index contributed by atoms with van der Waals surface area (Å²) in [5, 5.41) is 3.72. The SMILES string of the molecule is NC(=O)/C=N/Oc1cccc(Br)c1Cl. The molecule has 0 unspecified atom stereocenters. The molecule has 1 rings (SSSR count). The van der Waals surface area contributed by atoms with Crippen molar-refractivity contribution in [3.63, 3.8) is 0 Å². The number of rotatable bonds is 3. The van der Waals surface area contributed by atoms with Crippen LogP contribution in [0.1, 0.15) is 0 Å². The van der Waals surface area contributed by atoms with Gasteiger partial charge in [0, 0.05) is 4.47 Å². The van der Waals surface area contributed by atoms with Gasteiger partial charge in [0.2, 0.25) is 0 Å². The van der Waals surface area contributed by atoms with Crippen LogP contribution in [-0.2, 0) is 4.79 Å². The van der Waals surface area contributed by atoms with Crippen LogP contribution in [0.4, 0.5) is 0 Å². The molecule has 1 aromatic rings. The summed E-state index contributed by atoms with van der Waals surface area (Å²) in [5.74, 6) is -0.338. The number of hydrogen-bond donors (Lipinski definition) is 1. The lowest BCUT2D eigenvalue weighted by atomic mass is 10.3. The van der Waals surface area contributed by atoms with Crippen LogP contribution in [0.3, 0.4) is 0 Å². The molecule has 0 saturated carbocycles. The van der Waals surface area contributed by atoms with Gasteiger partial charge in [-0.15, -0.1) is 0 Å². The Balaban J connectivity index is 2.77. The molecule has 0 aliphatic carbocycles. The van der Waals surface area contributed by atoms with Gasteiger partial charge < -0.3 is 10.6 Å². The largest absolute Gasteiger partial charge is 0.365 e. The summed E-state index contributed by atoms with van der Waals surface area (Å²) in [4.78, 5) is 15.1. The van der Waals surface area contributed by atoms with Gasteiger partial charge in [-0.05, 0) is 28.1 Å². The molecule has 0 aliphatic heterocycles. The van der Waals surface area contributed by atoms with Crippen molar-refractivity contribution in [3.8, 4) is 5.75 Å². The van der Waals surface area contributed by atoms with Gasteiger partial charge in [-0.25, -0.2) is 0 Å². The van der Waals surface area contributed by atoms with Crippen molar-refractivity contribution in [1.29, 1.82) is 0 Å². The standard InChI is InChI=1S/C8H6BrClN2O2/c9-5-2-1-3-6(8(5)10)14-12-4-7(11)13/h1-4H,(H2,11,13)/b12-4+. The highest BCUT2D eigenvalue weighted by atomic mass is 79.9. The van der Waals surface area contributed by atoms with E-state index in [4.69, 9.17) is 22.2 Å². The predicted octanol–water partition coefficient (Wildman–Crippen LogP) is 1.95. The van der Waals surface area contributed by atoms with Crippen LogP contribution in [0.25, 0.3) is 0 Å². The Morgan fingerprint density at radius 2 is 2.36 bits per heavy atom. The highest BCUT2D eigenvalue weighted by Gasteiger charge is 2.04. The summed E-state index contributed by atoms with van der Waals surface area (Å²) < 4.78 is 0.686. The molecule has 0 radical (unpaired) electrons. The van der Waals surface area contributed by atoms with Crippen molar-refractivity contribution in [2.75, 3.05) is 0 Å². The zero-order valence-corrected chi connectivity index (χ0v) is 9.25. The lowest BCUT2D eigenvalue weighted by Crippen LogP contribution is -2.11. The minimum atomic E-state index is -0.684. The Morgan fingerprint density at radius 1 is 1.64 bits per heavy atom. The molecule has 74 valence electrons. The molecule has 0 saturated heterocycles. The van der Waals surface area contributed by atoms with Crippen LogP contribution in [0.5, 0.6) is 5.75 Å². The van der Waals surface area contributed by atoms with E-state index < -0.39 is 5.91 Å². The van der Waals surface area contributed by atoms with E-state index in [1.54, 1.807) is 18.2 Å². The van der Waals surface area contributed by atoms with Crippen LogP contribution in [0, 0.1) is 0 Å². The molecule has 4 nitrogen and oxygen atoms in total. The van der Waals surface area contributed by atoms with Crippen molar-refractivity contribution < 1.29 is 9.63 Å². The Kier molecular flexibility index (Phi) is 3.91. The van der Waals surface area contributed by atoms with Gasteiger partial charge >= 0.3 is 0 Å². The van der Waals surface area contributed by atoms with E-state index in [-0.39, 0.29) is 0 Å². The van der Waals surface area contributed by atoms with Crippen molar-refractivity contribution in [2.24, 2.45) is 10.9 Å². The quantitative estimate of drug-likeness (QED) is 0.678. The fourth-order valence-corrected chi connectivity index (χ4v) is 1.20. The van der Waals surface area contributed by atoms with E-state index in [2.05, 4.69) is 21.1 Å². The summed E-state index contributed by atoms with van der Waals surface area (Å²) in [6, 6.07) is 5.10. The first-order valence-corrected chi connectivity index (χ1v) is 4.72. The fourth-order valence-electron chi connectivity index (χ4n) is 0.690. The Morgan fingerprint density at radius 3 is 3.00 bits per heavy atom. The van der Waals surface area contributed by atoms with Gasteiger partial charge in [-0.2, -0.15) is 0 Å². The number of carbonyl (C=O) groups excluding carboxylic acids is 1. The molecule has 0 spiro atoms. The predicted molar refractivity (Wildman–Crippen MR) is 57.5 cm³/mol. The lowest BCUT2D eigenvalue weighted by Gasteiger charge is -2.01. The van der Waals surface area contributed by atoms with E-state index >= 15 is 0 Å². The molecular weight excluding hydrogens is 271 g/mol. The third kappa shape index (κ3) is 3.01. The molecule has 0 aliphatic rings. The van der Waals surface area contributed by atoms with Gasteiger partial charge in [-0.3, -0.25) is 4.79 Å². The van der Waals surface area contributed by atoms with Crippen molar-refractivity contribution in [3.05, 3.63) is 27.7 Å². The molecule has 2 N–H and O–H groups in total. The Labute approximate surface area is 93.8 Å². The average Bonchev–Trinajstić information content (AvgIpc) is 2.12. The second kappa shape index (κ2) is 4.97. The van der Waals surface area contributed by atoms with Crippen molar-refractivity contribution in [2.45, 2.75) is 0 Å². The number of benzene rings is 1. The first kappa shape index (κ1) is 11.0. The molecular formula is C8H6BrClN2O2. The number of carbonyl (C=O) groups is 1. The highest BCUT2D eigenvalue weighted by Crippen LogP contribution is 2.31. The molecule has 0 aromatic heterocycles. The van der Waals surface area contributed by atoms with E-state index in [9.17, 15) is 4.79 Å². The first-order chi connectivity index (χ1) is 6.61. The number of amides is 1. The summed E-state index contributed by atoms with van der Waals surface area (Å²) in [7, 11) is 0. The molecule has 0 heterocycles. The summed E-state index contributed by atoms with van der Waals surface area (Å²) in [6.45, 7) is 0. The summed E-state index contributed by atoms with van der Waals surface area (Å²) in [6.07, 6.45) is 0.858. The van der Waals surface area contributed by atoms with Crippen LogP contribution >= 0.6 is 27.5 Å². The molecule has 0 atom stereocenters. The molecule has 0 bridgehead atoms. The minimum Gasteiger partial charge on any atom is -0.365 e. The average molecular weight is 278 g/mol. The number of nitrogens with zero attached hydrogens (tertiary/aromatic N) is 1. The van der Waals surface area contributed by atoms with Gasteiger partial charge in [-0.1, -0.05) is 22.8 Å². The topological polar surface area (TPSA) is 64.7 Å². The second-order valence-electron chi connectivity index (χ2n) is 2.28. The number of nitrogens with two attached hydrogens (primary N) is 1. The van der Waals surface area contributed by atoms with E-state index in [0.717, 1.165) is 6.21 Å². The molecule has 6 heteroatoms. The minimum absolute atomic E-state index is 0.346. The van der Waals surface area contributed by atoms with Crippen LogP contribution in [0.15, 0.2) is 27.8 Å². The number of hydrogen-bond acceptors (Lipinski definition) is 3. The first-order valence-electron chi connectivity index (χ1n) is 3.55. The maximum absolute atomic E-state index is 10.3. The third-order valence-corrected chi connectivity index (χ3v) is 2.53. The van der Waals surface area contributed by atoms with Crippen molar-refractivity contribution in [1.82, 2.24) is 0 Å². The van der Waals surface area contributed by atoms with Gasteiger partial charge in [0.05, 0.1) is 0 Å². The maximum atomic E-state index is 10.3. The van der Waals surface area contributed by atoms with E-state index in [1.807, 2.05) is 0 Å². The smallest absolute Gasteiger partial charge is 0.263 e. The maximum Gasteiger partial charge on any atom is 0.263 e. The molecule has 1 aromatic carbocycles. The zero-order chi connectivity index (χ0) is 10.6.